The Balaban J connectivity index is 2.05. The number of rotatable bonds is 8. The highest BCUT2D eigenvalue weighted by Crippen LogP contribution is 2.38. The number of ether oxygens (including phenoxy) is 1. The van der Waals surface area contributed by atoms with Crippen LogP contribution < -0.4 is 4.74 Å². The van der Waals surface area contributed by atoms with Crippen LogP contribution in [0.25, 0.3) is 22.3 Å². The molecule has 7 heteroatoms. The molecule has 3 aromatic rings. The molecule has 3 rings (SSSR count). The molecule has 32 heavy (non-hydrogen) atoms. The van der Waals surface area contributed by atoms with Crippen molar-refractivity contribution in [3.05, 3.63) is 77.4 Å². The molecule has 0 aliphatic heterocycles. The summed E-state index contributed by atoms with van der Waals surface area (Å²) in [6.07, 6.45) is -0.674. The number of carbonyl (C=O) groups excluding carboxylic acids is 1. The smallest absolute Gasteiger partial charge is 0.406 e. The minimum atomic E-state index is -4.85. The van der Waals surface area contributed by atoms with Gasteiger partial charge in [0.15, 0.2) is 6.29 Å². The van der Waals surface area contributed by atoms with Gasteiger partial charge in [0.05, 0.1) is 5.56 Å². The molecule has 0 bridgehead atoms. The Hall–Kier alpha value is -3.22. The van der Waals surface area contributed by atoms with Gasteiger partial charge in [0, 0.05) is 5.56 Å². The van der Waals surface area contributed by atoms with Crippen molar-refractivity contribution in [2.24, 2.45) is 0 Å². The molecular weight excluding hydrogens is 427 g/mol. The van der Waals surface area contributed by atoms with Gasteiger partial charge in [-0.1, -0.05) is 56.2 Å². The number of halogens is 5. The van der Waals surface area contributed by atoms with Crippen molar-refractivity contribution in [2.45, 2.75) is 39.0 Å². The first-order chi connectivity index (χ1) is 15.2. The first kappa shape index (κ1) is 23.4. The van der Waals surface area contributed by atoms with Crippen LogP contribution >= 0.6 is 0 Å². The lowest BCUT2D eigenvalue weighted by atomic mass is 9.91. The zero-order chi connectivity index (χ0) is 23.3. The molecule has 0 saturated heterocycles. The molecule has 0 fully saturated rings. The maximum atomic E-state index is 15.2. The average molecular weight is 448 g/mol. The van der Waals surface area contributed by atoms with Crippen LogP contribution in [0, 0.1) is 11.6 Å². The minimum absolute atomic E-state index is 0.00176. The van der Waals surface area contributed by atoms with E-state index in [0.717, 1.165) is 49.4 Å². The van der Waals surface area contributed by atoms with Gasteiger partial charge in [-0.25, -0.2) is 8.78 Å². The van der Waals surface area contributed by atoms with Crippen LogP contribution in [-0.4, -0.2) is 12.6 Å². The van der Waals surface area contributed by atoms with E-state index in [9.17, 15) is 22.4 Å². The zero-order valence-corrected chi connectivity index (χ0v) is 17.3. The largest absolute Gasteiger partial charge is 0.573 e. The summed E-state index contributed by atoms with van der Waals surface area (Å²) >= 11 is 0. The van der Waals surface area contributed by atoms with E-state index in [1.54, 1.807) is 12.1 Å². The standard InChI is InChI=1S/C25H21F5O2/c1-2-3-4-5-16-6-8-18(9-7-16)23-20(14-22(26)21(15-31)24(23)27)17-10-12-19(13-11-17)32-25(28,29)30/h6-15H,2-5H2,1H3. The molecule has 0 atom stereocenters. The second-order valence-electron chi connectivity index (χ2n) is 7.35. The number of aryl methyl sites for hydroxylation is 1. The van der Waals surface area contributed by atoms with Gasteiger partial charge in [-0.2, -0.15) is 0 Å². The number of unbranched alkanes of at least 4 members (excludes halogenated alkanes) is 2. The van der Waals surface area contributed by atoms with E-state index in [1.807, 2.05) is 12.1 Å². The van der Waals surface area contributed by atoms with Crippen LogP contribution in [0.15, 0.2) is 54.6 Å². The van der Waals surface area contributed by atoms with Crippen LogP contribution in [-0.2, 0) is 6.42 Å². The van der Waals surface area contributed by atoms with Crippen molar-refractivity contribution in [1.29, 1.82) is 0 Å². The predicted molar refractivity (Wildman–Crippen MR) is 113 cm³/mol. The fraction of sp³-hybridized carbons (Fsp3) is 0.240. The van der Waals surface area contributed by atoms with Gasteiger partial charge in [0.25, 0.3) is 0 Å². The highest BCUT2D eigenvalue weighted by molar-refractivity contribution is 5.89. The molecule has 0 aliphatic rings. The molecule has 0 radical (unpaired) electrons. The molecule has 3 aromatic carbocycles. The van der Waals surface area contributed by atoms with Gasteiger partial charge in [0.2, 0.25) is 0 Å². The second kappa shape index (κ2) is 9.94. The molecule has 168 valence electrons. The van der Waals surface area contributed by atoms with E-state index in [-0.39, 0.29) is 23.0 Å². The lowest BCUT2D eigenvalue weighted by molar-refractivity contribution is -0.274. The zero-order valence-electron chi connectivity index (χ0n) is 17.3. The molecule has 0 spiro atoms. The summed E-state index contributed by atoms with van der Waals surface area (Å²) in [6.45, 7) is 2.11. The van der Waals surface area contributed by atoms with Gasteiger partial charge >= 0.3 is 6.36 Å². The molecule has 0 unspecified atom stereocenters. The Morgan fingerprint density at radius 3 is 2.09 bits per heavy atom. The molecule has 0 N–H and O–H groups in total. The quantitative estimate of drug-likeness (QED) is 0.200. The van der Waals surface area contributed by atoms with Crippen LogP contribution in [0.4, 0.5) is 22.0 Å². The minimum Gasteiger partial charge on any atom is -0.406 e. The summed E-state index contributed by atoms with van der Waals surface area (Å²) in [6, 6.07) is 12.8. The molecule has 0 aromatic heterocycles. The summed E-state index contributed by atoms with van der Waals surface area (Å²) in [7, 11) is 0. The maximum absolute atomic E-state index is 15.2. The highest BCUT2D eigenvalue weighted by atomic mass is 19.4. The van der Waals surface area contributed by atoms with Crippen molar-refractivity contribution >= 4 is 6.29 Å². The van der Waals surface area contributed by atoms with Crippen LogP contribution in [0.1, 0.15) is 42.1 Å². The Labute approximate surface area is 182 Å². The Bertz CT molecular complexity index is 1070. The van der Waals surface area contributed by atoms with Crippen molar-refractivity contribution in [3.8, 4) is 28.0 Å². The number of carbonyl (C=O) groups is 1. The SMILES string of the molecule is CCCCCc1ccc(-c2c(-c3ccc(OC(F)(F)F)cc3)cc(F)c(C=O)c2F)cc1. The molecular formula is C25H21F5O2. The van der Waals surface area contributed by atoms with Crippen molar-refractivity contribution in [2.75, 3.05) is 0 Å². The van der Waals surface area contributed by atoms with Gasteiger partial charge in [0.1, 0.15) is 17.4 Å². The third-order valence-corrected chi connectivity index (χ3v) is 5.08. The summed E-state index contributed by atoms with van der Waals surface area (Å²) in [5.41, 5.74) is 1.18. The van der Waals surface area contributed by atoms with Gasteiger partial charge < -0.3 is 4.74 Å². The number of hydrogen-bond acceptors (Lipinski definition) is 2. The summed E-state index contributed by atoms with van der Waals surface area (Å²) in [5.74, 6) is -2.53. The molecule has 0 saturated carbocycles. The van der Waals surface area contributed by atoms with E-state index < -0.39 is 29.3 Å². The van der Waals surface area contributed by atoms with Gasteiger partial charge in [-0.3, -0.25) is 4.79 Å². The van der Waals surface area contributed by atoms with Crippen molar-refractivity contribution < 1.29 is 31.5 Å². The van der Waals surface area contributed by atoms with Gasteiger partial charge in [-0.15, -0.1) is 13.2 Å². The fourth-order valence-corrected chi connectivity index (χ4v) is 3.51. The highest BCUT2D eigenvalue weighted by Gasteiger charge is 2.31. The lowest BCUT2D eigenvalue weighted by Gasteiger charge is -2.15. The van der Waals surface area contributed by atoms with E-state index in [1.165, 1.54) is 12.1 Å². The predicted octanol–water partition coefficient (Wildman–Crippen LogP) is 7.74. The van der Waals surface area contributed by atoms with Crippen LogP contribution in [0.2, 0.25) is 0 Å². The summed E-state index contributed by atoms with van der Waals surface area (Å²) < 4.78 is 70.7. The number of benzene rings is 3. The first-order valence-corrected chi connectivity index (χ1v) is 10.2. The van der Waals surface area contributed by atoms with Crippen LogP contribution in [0.5, 0.6) is 5.75 Å². The Morgan fingerprint density at radius 2 is 1.53 bits per heavy atom. The first-order valence-electron chi connectivity index (χ1n) is 10.2. The topological polar surface area (TPSA) is 26.3 Å². The molecule has 0 amide bonds. The summed E-state index contributed by atoms with van der Waals surface area (Å²) in [5, 5.41) is 0. The second-order valence-corrected chi connectivity index (χ2v) is 7.35. The fourth-order valence-electron chi connectivity index (χ4n) is 3.51. The normalized spacial score (nSPS) is 11.4. The Kier molecular flexibility index (Phi) is 7.28. The lowest BCUT2D eigenvalue weighted by Crippen LogP contribution is -2.16. The third-order valence-electron chi connectivity index (χ3n) is 5.08. The van der Waals surface area contributed by atoms with Crippen LogP contribution in [0.3, 0.4) is 0 Å². The van der Waals surface area contributed by atoms with E-state index >= 15 is 4.39 Å². The third kappa shape index (κ3) is 5.52. The molecule has 0 heterocycles. The summed E-state index contributed by atoms with van der Waals surface area (Å²) in [4.78, 5) is 11.3. The van der Waals surface area contributed by atoms with Crippen molar-refractivity contribution in [1.82, 2.24) is 0 Å². The Morgan fingerprint density at radius 1 is 0.906 bits per heavy atom. The number of alkyl halides is 3. The monoisotopic (exact) mass is 448 g/mol. The number of hydrogen-bond donors (Lipinski definition) is 0. The van der Waals surface area contributed by atoms with E-state index in [2.05, 4.69) is 11.7 Å². The molecule has 0 aliphatic carbocycles. The van der Waals surface area contributed by atoms with Crippen molar-refractivity contribution in [3.63, 3.8) is 0 Å². The number of aldehydes is 1. The van der Waals surface area contributed by atoms with E-state index in [4.69, 9.17) is 0 Å². The molecule has 2 nitrogen and oxygen atoms in total. The van der Waals surface area contributed by atoms with E-state index in [0.29, 0.717) is 5.56 Å². The average Bonchev–Trinajstić information content (AvgIpc) is 2.74. The maximum Gasteiger partial charge on any atom is 0.573 e. The van der Waals surface area contributed by atoms with Gasteiger partial charge in [-0.05, 0) is 53.3 Å².